The summed E-state index contributed by atoms with van der Waals surface area (Å²) in [6.07, 6.45) is 6.06. The van der Waals surface area contributed by atoms with Crippen molar-refractivity contribution < 1.29 is 22.6 Å². The number of ether oxygens (including phenoxy) is 2. The minimum atomic E-state index is -1.01. The van der Waals surface area contributed by atoms with Gasteiger partial charge in [-0.15, -0.1) is 0 Å². The van der Waals surface area contributed by atoms with Gasteiger partial charge in [0, 0.05) is 17.0 Å². The molecule has 5 heteroatoms. The maximum absolute atomic E-state index is 15.0. The molecule has 1 aliphatic heterocycles. The van der Waals surface area contributed by atoms with Crippen LogP contribution in [0.2, 0.25) is 0 Å². The van der Waals surface area contributed by atoms with Crippen molar-refractivity contribution in [2.24, 2.45) is 0 Å². The lowest BCUT2D eigenvalue weighted by Gasteiger charge is -2.28. The van der Waals surface area contributed by atoms with Gasteiger partial charge in [-0.2, -0.15) is 4.39 Å². The Morgan fingerprint density at radius 1 is 0.909 bits per heavy atom. The second kappa shape index (κ2) is 10.3. The van der Waals surface area contributed by atoms with Gasteiger partial charge in [-0.1, -0.05) is 48.6 Å². The number of halogens is 3. The molecule has 0 spiro atoms. The maximum Gasteiger partial charge on any atom is 0.201 e. The number of hydrogen-bond acceptors (Lipinski definition) is 2. The van der Waals surface area contributed by atoms with Gasteiger partial charge in [-0.05, 0) is 61.6 Å². The molecule has 1 fully saturated rings. The molecular formula is C28H27F3O2. The summed E-state index contributed by atoms with van der Waals surface area (Å²) >= 11 is 0. The van der Waals surface area contributed by atoms with Crippen LogP contribution in [0.25, 0.3) is 22.3 Å². The minimum Gasteiger partial charge on any atom is -0.491 e. The van der Waals surface area contributed by atoms with Gasteiger partial charge in [0.2, 0.25) is 5.82 Å². The Labute approximate surface area is 192 Å². The molecule has 0 aromatic heterocycles. The smallest absolute Gasteiger partial charge is 0.201 e. The molecule has 33 heavy (non-hydrogen) atoms. The number of hydrogen-bond donors (Lipinski definition) is 0. The summed E-state index contributed by atoms with van der Waals surface area (Å²) in [5, 5.41) is 0. The number of rotatable bonds is 6. The van der Waals surface area contributed by atoms with Gasteiger partial charge in [0.25, 0.3) is 0 Å². The van der Waals surface area contributed by atoms with E-state index in [0.717, 1.165) is 18.4 Å². The van der Waals surface area contributed by atoms with E-state index in [1.165, 1.54) is 12.1 Å². The minimum absolute atomic E-state index is 0.113. The Bertz CT molecular complexity index is 1130. The predicted molar refractivity (Wildman–Crippen MR) is 125 cm³/mol. The molecule has 0 aliphatic carbocycles. The summed E-state index contributed by atoms with van der Waals surface area (Å²) in [7, 11) is 0. The zero-order chi connectivity index (χ0) is 23.4. The first-order chi connectivity index (χ1) is 16.0. The van der Waals surface area contributed by atoms with Gasteiger partial charge in [-0.25, -0.2) is 8.78 Å². The van der Waals surface area contributed by atoms with Crippen LogP contribution in [0.1, 0.15) is 38.2 Å². The van der Waals surface area contributed by atoms with Gasteiger partial charge in [0.1, 0.15) is 5.82 Å². The molecule has 0 amide bonds. The zero-order valence-corrected chi connectivity index (χ0v) is 18.8. The van der Waals surface area contributed by atoms with Crippen LogP contribution in [-0.4, -0.2) is 19.3 Å². The third-order valence-corrected chi connectivity index (χ3v) is 6.04. The van der Waals surface area contributed by atoms with Crippen molar-refractivity contribution in [2.45, 2.75) is 38.7 Å². The maximum atomic E-state index is 15.0. The quantitative estimate of drug-likeness (QED) is 0.357. The first kappa shape index (κ1) is 23.1. The van der Waals surface area contributed by atoms with Crippen molar-refractivity contribution >= 4 is 0 Å². The fraction of sp³-hybridized carbons (Fsp3) is 0.286. The van der Waals surface area contributed by atoms with E-state index in [4.69, 9.17) is 9.47 Å². The lowest BCUT2D eigenvalue weighted by Crippen LogP contribution is -2.23. The van der Waals surface area contributed by atoms with Gasteiger partial charge >= 0.3 is 0 Å². The fourth-order valence-electron chi connectivity index (χ4n) is 4.27. The highest BCUT2D eigenvalue weighted by Crippen LogP contribution is 2.34. The molecule has 0 radical (unpaired) electrons. The molecular weight excluding hydrogens is 425 g/mol. The second-order valence-corrected chi connectivity index (χ2v) is 8.16. The van der Waals surface area contributed by atoms with Crippen LogP contribution in [0.3, 0.4) is 0 Å². The summed E-state index contributed by atoms with van der Waals surface area (Å²) in [6.45, 7) is 4.51. The van der Waals surface area contributed by atoms with E-state index in [-0.39, 0.29) is 35.8 Å². The standard InChI is InChI=1S/C28H27F3O2/c1-3-5-22-12-10-21(17-33-22)20-11-13-23(25(29)16-20)18-6-8-19(9-7-18)24-14-15-26(32-4-2)28(31)27(24)30/h3,5-9,11,13-16,21-22H,4,10,12,17H2,1-2H3. The van der Waals surface area contributed by atoms with Crippen molar-refractivity contribution in [2.75, 3.05) is 13.2 Å². The van der Waals surface area contributed by atoms with Crippen LogP contribution in [0.5, 0.6) is 5.75 Å². The topological polar surface area (TPSA) is 18.5 Å². The lowest BCUT2D eigenvalue weighted by atomic mass is 9.89. The zero-order valence-electron chi connectivity index (χ0n) is 18.8. The van der Waals surface area contributed by atoms with E-state index in [2.05, 4.69) is 6.08 Å². The average molecular weight is 453 g/mol. The van der Waals surface area contributed by atoms with Crippen LogP contribution in [-0.2, 0) is 4.74 Å². The summed E-state index contributed by atoms with van der Waals surface area (Å²) in [5.41, 5.74) is 2.70. The van der Waals surface area contributed by atoms with E-state index in [1.54, 1.807) is 43.3 Å². The normalized spacial score (nSPS) is 18.6. The second-order valence-electron chi connectivity index (χ2n) is 8.16. The molecule has 3 aromatic carbocycles. The van der Waals surface area contributed by atoms with E-state index < -0.39 is 11.6 Å². The molecule has 1 saturated heterocycles. The monoisotopic (exact) mass is 452 g/mol. The SMILES string of the molecule is CC=CC1CCC(c2ccc(-c3ccc(-c4ccc(OCC)c(F)c4F)cc3)c(F)c2)CO1. The van der Waals surface area contributed by atoms with Crippen LogP contribution in [0.4, 0.5) is 13.2 Å². The average Bonchev–Trinajstić information content (AvgIpc) is 2.83. The molecule has 172 valence electrons. The largest absolute Gasteiger partial charge is 0.491 e. The fourth-order valence-corrected chi connectivity index (χ4v) is 4.27. The lowest BCUT2D eigenvalue weighted by molar-refractivity contribution is 0.0326. The molecule has 2 atom stereocenters. The van der Waals surface area contributed by atoms with E-state index in [0.29, 0.717) is 23.3 Å². The molecule has 0 N–H and O–H groups in total. The molecule has 0 saturated carbocycles. The van der Waals surface area contributed by atoms with Gasteiger partial charge < -0.3 is 9.47 Å². The molecule has 2 unspecified atom stereocenters. The Balaban J connectivity index is 1.52. The highest BCUT2D eigenvalue weighted by molar-refractivity contribution is 5.71. The Morgan fingerprint density at radius 2 is 1.61 bits per heavy atom. The van der Waals surface area contributed by atoms with Gasteiger partial charge in [0.15, 0.2) is 11.6 Å². The third kappa shape index (κ3) is 4.98. The summed E-state index contributed by atoms with van der Waals surface area (Å²) in [4.78, 5) is 0. The molecule has 4 rings (SSSR count). The summed E-state index contributed by atoms with van der Waals surface area (Å²) in [6, 6.07) is 15.0. The predicted octanol–water partition coefficient (Wildman–Crippen LogP) is 7.68. The van der Waals surface area contributed by atoms with E-state index >= 15 is 0 Å². The molecule has 0 bridgehead atoms. The highest BCUT2D eigenvalue weighted by atomic mass is 19.2. The first-order valence-electron chi connectivity index (χ1n) is 11.3. The van der Waals surface area contributed by atoms with E-state index in [1.807, 2.05) is 19.1 Å². The molecule has 1 aliphatic rings. The third-order valence-electron chi connectivity index (χ3n) is 6.04. The van der Waals surface area contributed by atoms with Crippen molar-refractivity contribution in [3.05, 3.63) is 89.8 Å². The Morgan fingerprint density at radius 3 is 2.21 bits per heavy atom. The van der Waals surface area contributed by atoms with Gasteiger partial charge in [0.05, 0.1) is 19.3 Å². The van der Waals surface area contributed by atoms with Crippen molar-refractivity contribution in [3.8, 4) is 28.0 Å². The van der Waals surface area contributed by atoms with Crippen LogP contribution < -0.4 is 4.74 Å². The Kier molecular flexibility index (Phi) is 7.19. The number of benzene rings is 3. The first-order valence-corrected chi connectivity index (χ1v) is 11.3. The molecule has 2 nitrogen and oxygen atoms in total. The van der Waals surface area contributed by atoms with Crippen LogP contribution in [0, 0.1) is 17.5 Å². The highest BCUT2D eigenvalue weighted by Gasteiger charge is 2.22. The Hall–Kier alpha value is -3.05. The van der Waals surface area contributed by atoms with E-state index in [9.17, 15) is 13.2 Å². The number of allylic oxidation sites excluding steroid dienone is 1. The van der Waals surface area contributed by atoms with Crippen molar-refractivity contribution in [3.63, 3.8) is 0 Å². The van der Waals surface area contributed by atoms with Crippen LogP contribution in [0.15, 0.2) is 66.7 Å². The summed E-state index contributed by atoms with van der Waals surface area (Å²) in [5.74, 6) is -2.22. The van der Waals surface area contributed by atoms with Crippen LogP contribution >= 0.6 is 0 Å². The van der Waals surface area contributed by atoms with Crippen molar-refractivity contribution in [1.82, 2.24) is 0 Å². The van der Waals surface area contributed by atoms with Gasteiger partial charge in [-0.3, -0.25) is 0 Å². The van der Waals surface area contributed by atoms with Crippen molar-refractivity contribution in [1.29, 1.82) is 0 Å². The molecule has 1 heterocycles. The molecule has 3 aromatic rings. The summed E-state index contributed by atoms with van der Waals surface area (Å²) < 4.78 is 54.7.